The average molecular weight is 290 g/mol. The molecule has 3 atom stereocenters. The monoisotopic (exact) mass is 290 g/mol. The number of ketones is 1. The molecule has 2 fully saturated rings. The van der Waals surface area contributed by atoms with Crippen LogP contribution in [0, 0.1) is 5.41 Å². The Balaban J connectivity index is 1.79. The molecule has 1 aromatic rings. The van der Waals surface area contributed by atoms with Crippen molar-refractivity contribution in [3.63, 3.8) is 0 Å². The number of fused-ring (bicyclic) bond motifs is 1. The third kappa shape index (κ3) is 2.58. The van der Waals surface area contributed by atoms with E-state index in [0.29, 0.717) is 18.6 Å². The molecular formula is C17H22O4. The van der Waals surface area contributed by atoms with Crippen LogP contribution < -0.4 is 4.74 Å². The molecule has 1 aromatic carbocycles. The standard InChI is InChI=1S/C17H22O4/c1-16(2)8-13(19)15-17(10-16,21-15)9-12(18)11-6-4-5-7-14(11)20-3/h4-7,12,15,18H,8-10H2,1-3H3. The zero-order valence-corrected chi connectivity index (χ0v) is 12.8. The molecule has 3 unspecified atom stereocenters. The molecule has 1 saturated heterocycles. The summed E-state index contributed by atoms with van der Waals surface area (Å²) >= 11 is 0. The van der Waals surface area contributed by atoms with Gasteiger partial charge in [0.05, 0.1) is 13.2 Å². The number of aliphatic hydroxyl groups excluding tert-OH is 1. The summed E-state index contributed by atoms with van der Waals surface area (Å²) in [5.74, 6) is 0.832. The number of hydrogen-bond acceptors (Lipinski definition) is 4. The van der Waals surface area contributed by atoms with Crippen LogP contribution >= 0.6 is 0 Å². The van der Waals surface area contributed by atoms with Gasteiger partial charge >= 0.3 is 0 Å². The molecule has 3 rings (SSSR count). The van der Waals surface area contributed by atoms with E-state index in [4.69, 9.17) is 9.47 Å². The van der Waals surface area contributed by atoms with Gasteiger partial charge in [0.25, 0.3) is 0 Å². The van der Waals surface area contributed by atoms with Gasteiger partial charge in [-0.1, -0.05) is 32.0 Å². The molecular weight excluding hydrogens is 268 g/mol. The lowest BCUT2D eigenvalue weighted by molar-refractivity contribution is -0.123. The first-order valence-electron chi connectivity index (χ1n) is 7.38. The van der Waals surface area contributed by atoms with Crippen LogP contribution in [-0.4, -0.2) is 29.7 Å². The Morgan fingerprint density at radius 3 is 2.86 bits per heavy atom. The first-order valence-corrected chi connectivity index (χ1v) is 7.38. The number of epoxide rings is 1. The number of carbonyl (C=O) groups excluding carboxylic acids is 1. The number of benzene rings is 1. The maximum atomic E-state index is 12.1. The van der Waals surface area contributed by atoms with E-state index in [1.165, 1.54) is 0 Å². The molecule has 0 aromatic heterocycles. The van der Waals surface area contributed by atoms with Crippen LogP contribution in [0.15, 0.2) is 24.3 Å². The van der Waals surface area contributed by atoms with Crippen molar-refractivity contribution in [2.45, 2.75) is 50.9 Å². The molecule has 1 N–H and O–H groups in total. The van der Waals surface area contributed by atoms with Crippen molar-refractivity contribution < 1.29 is 19.4 Å². The molecule has 4 nitrogen and oxygen atoms in total. The number of methoxy groups -OCH3 is 1. The molecule has 0 bridgehead atoms. The van der Waals surface area contributed by atoms with Gasteiger partial charge in [0, 0.05) is 18.4 Å². The van der Waals surface area contributed by atoms with Crippen LogP contribution in [0.4, 0.5) is 0 Å². The van der Waals surface area contributed by atoms with Crippen LogP contribution in [0.2, 0.25) is 0 Å². The fraction of sp³-hybridized carbons (Fsp3) is 0.588. The predicted octanol–water partition coefficient (Wildman–Crippen LogP) is 2.65. The summed E-state index contributed by atoms with van der Waals surface area (Å²) in [6.45, 7) is 4.17. The summed E-state index contributed by atoms with van der Waals surface area (Å²) in [5, 5.41) is 10.6. The van der Waals surface area contributed by atoms with Crippen molar-refractivity contribution in [2.24, 2.45) is 5.41 Å². The van der Waals surface area contributed by atoms with Crippen molar-refractivity contribution in [1.29, 1.82) is 0 Å². The minimum absolute atomic E-state index is 0.0649. The Morgan fingerprint density at radius 1 is 1.43 bits per heavy atom. The SMILES string of the molecule is COc1ccccc1C(O)CC12CC(C)(C)CC(=O)C1O2. The number of ether oxygens (including phenoxy) is 2. The van der Waals surface area contributed by atoms with Crippen molar-refractivity contribution in [1.82, 2.24) is 0 Å². The van der Waals surface area contributed by atoms with E-state index >= 15 is 0 Å². The van der Waals surface area contributed by atoms with E-state index in [1.54, 1.807) is 7.11 Å². The van der Waals surface area contributed by atoms with E-state index < -0.39 is 11.7 Å². The lowest BCUT2D eigenvalue weighted by atomic mass is 9.70. The van der Waals surface area contributed by atoms with Crippen LogP contribution in [0.25, 0.3) is 0 Å². The number of Topliss-reactive ketones (excluding diaryl/α,β-unsaturated/α-hetero) is 1. The Morgan fingerprint density at radius 2 is 2.14 bits per heavy atom. The Bertz CT molecular complexity index is 566. The molecule has 1 aliphatic heterocycles. The van der Waals surface area contributed by atoms with Gasteiger partial charge in [-0.25, -0.2) is 0 Å². The average Bonchev–Trinajstić information content (AvgIpc) is 3.11. The maximum absolute atomic E-state index is 12.1. The highest BCUT2D eigenvalue weighted by Gasteiger charge is 2.65. The second-order valence-electron chi connectivity index (χ2n) is 7.01. The van der Waals surface area contributed by atoms with Crippen molar-refractivity contribution in [2.75, 3.05) is 7.11 Å². The zero-order chi connectivity index (χ0) is 15.3. The van der Waals surface area contributed by atoms with Crippen LogP contribution in [0.3, 0.4) is 0 Å². The Hall–Kier alpha value is -1.39. The van der Waals surface area contributed by atoms with Gasteiger partial charge in [0.15, 0.2) is 5.78 Å². The summed E-state index contributed by atoms with van der Waals surface area (Å²) in [7, 11) is 1.59. The summed E-state index contributed by atoms with van der Waals surface area (Å²) in [4.78, 5) is 12.1. The third-order valence-electron chi connectivity index (χ3n) is 4.53. The first kappa shape index (κ1) is 14.5. The molecule has 2 aliphatic rings. The molecule has 0 amide bonds. The molecule has 0 spiro atoms. The summed E-state index contributed by atoms with van der Waals surface area (Å²) < 4.78 is 11.0. The molecule has 1 heterocycles. The van der Waals surface area contributed by atoms with Crippen molar-refractivity contribution in [3.8, 4) is 5.75 Å². The smallest absolute Gasteiger partial charge is 0.165 e. The van der Waals surface area contributed by atoms with E-state index in [1.807, 2.05) is 24.3 Å². The number of carbonyl (C=O) groups is 1. The van der Waals surface area contributed by atoms with Crippen LogP contribution in [0.5, 0.6) is 5.75 Å². The van der Waals surface area contributed by atoms with E-state index in [9.17, 15) is 9.90 Å². The van der Waals surface area contributed by atoms with Gasteiger partial charge in [-0.2, -0.15) is 0 Å². The summed E-state index contributed by atoms with van der Waals surface area (Å²) in [5.41, 5.74) is 0.198. The highest BCUT2D eigenvalue weighted by Crippen LogP contribution is 2.56. The van der Waals surface area contributed by atoms with E-state index in [2.05, 4.69) is 13.8 Å². The van der Waals surface area contributed by atoms with Crippen LogP contribution in [0.1, 0.15) is 44.8 Å². The normalized spacial score (nSPS) is 31.4. The molecule has 1 aliphatic carbocycles. The van der Waals surface area contributed by atoms with Crippen LogP contribution in [-0.2, 0) is 9.53 Å². The number of rotatable bonds is 4. The quantitative estimate of drug-likeness (QED) is 0.866. The molecule has 4 heteroatoms. The zero-order valence-electron chi connectivity index (χ0n) is 12.8. The van der Waals surface area contributed by atoms with Gasteiger partial charge in [0.1, 0.15) is 17.5 Å². The van der Waals surface area contributed by atoms with Crippen molar-refractivity contribution in [3.05, 3.63) is 29.8 Å². The minimum atomic E-state index is -0.687. The van der Waals surface area contributed by atoms with Gasteiger partial charge in [-0.3, -0.25) is 4.79 Å². The second-order valence-corrected chi connectivity index (χ2v) is 7.01. The first-order chi connectivity index (χ1) is 9.87. The minimum Gasteiger partial charge on any atom is -0.496 e. The molecule has 1 saturated carbocycles. The van der Waals surface area contributed by atoms with Gasteiger partial charge in [-0.05, 0) is 17.9 Å². The third-order valence-corrected chi connectivity index (χ3v) is 4.53. The van der Waals surface area contributed by atoms with Gasteiger partial charge < -0.3 is 14.6 Å². The molecule has 114 valence electrons. The number of hydrogen-bond donors (Lipinski definition) is 1. The molecule has 21 heavy (non-hydrogen) atoms. The summed E-state index contributed by atoms with van der Waals surface area (Å²) in [6.07, 6.45) is 0.794. The van der Waals surface area contributed by atoms with E-state index in [0.717, 1.165) is 12.0 Å². The lowest BCUT2D eigenvalue weighted by Crippen LogP contribution is -2.37. The van der Waals surface area contributed by atoms with E-state index in [-0.39, 0.29) is 17.3 Å². The fourth-order valence-corrected chi connectivity index (χ4v) is 3.74. The maximum Gasteiger partial charge on any atom is 0.165 e. The predicted molar refractivity (Wildman–Crippen MR) is 78.2 cm³/mol. The second kappa shape index (κ2) is 4.82. The highest BCUT2D eigenvalue weighted by atomic mass is 16.6. The largest absolute Gasteiger partial charge is 0.496 e. The van der Waals surface area contributed by atoms with Gasteiger partial charge in [0.2, 0.25) is 0 Å². The highest BCUT2D eigenvalue weighted by molar-refractivity contribution is 5.88. The number of para-hydroxylation sites is 1. The number of aliphatic hydroxyl groups is 1. The topological polar surface area (TPSA) is 59.1 Å². The molecule has 0 radical (unpaired) electrons. The van der Waals surface area contributed by atoms with Gasteiger partial charge in [-0.15, -0.1) is 0 Å². The Labute approximate surface area is 125 Å². The Kier molecular flexibility index (Phi) is 3.34. The lowest BCUT2D eigenvalue weighted by Gasteiger charge is -2.32. The summed E-state index contributed by atoms with van der Waals surface area (Å²) in [6, 6.07) is 7.43. The fourth-order valence-electron chi connectivity index (χ4n) is 3.74. The van der Waals surface area contributed by atoms with Crippen molar-refractivity contribution >= 4 is 5.78 Å².